The summed E-state index contributed by atoms with van der Waals surface area (Å²) < 4.78 is 14.4. The zero-order valence-electron chi connectivity index (χ0n) is 39.3. The van der Waals surface area contributed by atoms with E-state index < -0.39 is 0 Å². The van der Waals surface area contributed by atoms with Crippen molar-refractivity contribution in [3.8, 4) is 56.4 Å². The molecule has 2 nitrogen and oxygen atoms in total. The Balaban J connectivity index is 0.995. The molecule has 0 unspecified atom stereocenters. The third kappa shape index (κ3) is 6.56. The Morgan fingerprint density at radius 2 is 0.739 bits per heavy atom. The summed E-state index contributed by atoms with van der Waals surface area (Å²) in [5.41, 5.74) is 14.9. The highest BCUT2D eigenvalue weighted by molar-refractivity contribution is 6.98. The van der Waals surface area contributed by atoms with Gasteiger partial charge in [0.2, 0.25) is 0 Å². The molecule has 2 aliphatic heterocycles. The van der Waals surface area contributed by atoms with E-state index in [1.807, 2.05) is 0 Å². The summed E-state index contributed by atoms with van der Waals surface area (Å²) in [5, 5.41) is 7.27. The maximum atomic E-state index is 7.22. The van der Waals surface area contributed by atoms with E-state index in [9.17, 15) is 0 Å². The second-order valence-electron chi connectivity index (χ2n) is 20.0. The van der Waals surface area contributed by atoms with Crippen LogP contribution in [0.25, 0.3) is 65.7 Å². The summed E-state index contributed by atoms with van der Waals surface area (Å²) in [6.07, 6.45) is 0. The van der Waals surface area contributed by atoms with Crippen molar-refractivity contribution in [3.63, 3.8) is 0 Å². The Bertz CT molecular complexity index is 3640. The van der Waals surface area contributed by atoms with Crippen molar-refractivity contribution in [2.24, 2.45) is 0 Å². The van der Waals surface area contributed by atoms with Crippen LogP contribution in [0.4, 0.5) is 0 Å². The quantitative estimate of drug-likeness (QED) is 0.117. The first-order valence-corrected chi connectivity index (χ1v) is 24.2. The van der Waals surface area contributed by atoms with Gasteiger partial charge < -0.3 is 9.47 Å². The summed E-state index contributed by atoms with van der Waals surface area (Å²) in [6, 6.07) is 82.0. The molecule has 11 aromatic rings. The molecule has 2 heterocycles. The molecule has 0 fully saturated rings. The molecule has 0 aliphatic carbocycles. The lowest BCUT2D eigenvalue weighted by atomic mass is 9.34. The van der Waals surface area contributed by atoms with Gasteiger partial charge in [-0.1, -0.05) is 228 Å². The van der Waals surface area contributed by atoms with Crippen LogP contribution in [0.1, 0.15) is 49.9 Å². The van der Waals surface area contributed by atoms with Crippen LogP contribution in [0.2, 0.25) is 0 Å². The fourth-order valence-electron chi connectivity index (χ4n) is 11.5. The minimum absolute atomic E-state index is 0.0768. The van der Waals surface area contributed by atoms with E-state index in [0.717, 1.165) is 50.5 Å². The Hall–Kier alpha value is -8.14. The predicted molar refractivity (Wildman–Crippen MR) is 290 cm³/mol. The van der Waals surface area contributed by atoms with Crippen LogP contribution >= 0.6 is 0 Å². The van der Waals surface area contributed by atoms with Crippen molar-refractivity contribution in [3.05, 3.63) is 247 Å². The standard InChI is InChI=1S/C66H49BO2/c1-65(2,46-20-7-5-8-21-46)48-34-36-56-58(40-48)68-60-38-45(39-61-64(60)67(56)57-37-35-49(41-59(57)69-61)66(3,4)47-22-9-6-10-23-47)63-54-27-15-13-25-52(54)62(53-26-14-16-28-55(53)63)44-32-30-43(31-33-44)51-29-17-19-42-18-11-12-24-50(42)51/h5-41H,1-4H3. The smallest absolute Gasteiger partial charge is 0.260 e. The highest BCUT2D eigenvalue weighted by Crippen LogP contribution is 2.48. The molecule has 11 aromatic carbocycles. The largest absolute Gasteiger partial charge is 0.458 e. The minimum Gasteiger partial charge on any atom is -0.458 e. The van der Waals surface area contributed by atoms with Crippen molar-refractivity contribution in [2.45, 2.75) is 38.5 Å². The Morgan fingerprint density at radius 3 is 1.25 bits per heavy atom. The SMILES string of the molecule is CC(C)(c1ccccc1)c1ccc2c(c1)Oc1cc(-c3c4ccccc4c(-c4ccc(-c5cccc6ccccc56)cc4)c4ccccc34)cc3c1B2c1ccc(C(C)(C)c2ccccc2)cc1O3. The van der Waals surface area contributed by atoms with Gasteiger partial charge in [0.05, 0.1) is 0 Å². The maximum absolute atomic E-state index is 7.22. The predicted octanol–water partition coefficient (Wildman–Crippen LogP) is 15.5. The Kier molecular flexibility index (Phi) is 9.36. The summed E-state index contributed by atoms with van der Waals surface area (Å²) in [7, 11) is 0. The van der Waals surface area contributed by atoms with Crippen LogP contribution in [0, 0.1) is 0 Å². The van der Waals surface area contributed by atoms with Crippen LogP contribution in [-0.2, 0) is 10.8 Å². The van der Waals surface area contributed by atoms with Gasteiger partial charge in [-0.3, -0.25) is 0 Å². The van der Waals surface area contributed by atoms with Crippen molar-refractivity contribution < 1.29 is 9.47 Å². The van der Waals surface area contributed by atoms with E-state index in [1.165, 1.54) is 76.8 Å². The van der Waals surface area contributed by atoms with E-state index in [0.29, 0.717) is 0 Å². The van der Waals surface area contributed by atoms with Crippen molar-refractivity contribution in [2.75, 3.05) is 0 Å². The second kappa shape index (κ2) is 15.7. The second-order valence-corrected chi connectivity index (χ2v) is 20.0. The molecule has 0 atom stereocenters. The van der Waals surface area contributed by atoms with E-state index >= 15 is 0 Å². The highest BCUT2D eigenvalue weighted by atomic mass is 16.5. The molecule has 0 N–H and O–H groups in total. The number of hydrogen-bond acceptors (Lipinski definition) is 2. The van der Waals surface area contributed by atoms with Crippen LogP contribution in [0.5, 0.6) is 23.0 Å². The molecule has 328 valence electrons. The fraction of sp³-hybridized carbons (Fsp3) is 0.0909. The first-order chi connectivity index (χ1) is 33.7. The molecule has 69 heavy (non-hydrogen) atoms. The zero-order chi connectivity index (χ0) is 46.4. The lowest BCUT2D eigenvalue weighted by Crippen LogP contribution is -2.57. The van der Waals surface area contributed by atoms with Gasteiger partial charge in [-0.2, -0.15) is 0 Å². The molecular weight excluding hydrogens is 836 g/mol. The van der Waals surface area contributed by atoms with Gasteiger partial charge in [0, 0.05) is 16.3 Å². The Morgan fingerprint density at radius 1 is 0.319 bits per heavy atom. The van der Waals surface area contributed by atoms with E-state index in [4.69, 9.17) is 9.47 Å². The normalized spacial score (nSPS) is 12.8. The molecule has 0 spiro atoms. The third-order valence-electron chi connectivity index (χ3n) is 15.4. The molecule has 0 saturated heterocycles. The number of fused-ring (bicyclic) bond motifs is 7. The molecule has 3 heteroatoms. The van der Waals surface area contributed by atoms with Gasteiger partial charge in [-0.05, 0) is 123 Å². The first-order valence-electron chi connectivity index (χ1n) is 24.2. The van der Waals surface area contributed by atoms with Crippen LogP contribution in [0.3, 0.4) is 0 Å². The maximum Gasteiger partial charge on any atom is 0.260 e. The number of benzene rings is 11. The number of rotatable bonds is 7. The third-order valence-corrected chi connectivity index (χ3v) is 15.4. The monoisotopic (exact) mass is 884 g/mol. The van der Waals surface area contributed by atoms with E-state index in [1.54, 1.807) is 0 Å². The summed E-state index contributed by atoms with van der Waals surface area (Å²) in [6.45, 7) is 9.13. The summed E-state index contributed by atoms with van der Waals surface area (Å²) >= 11 is 0. The van der Waals surface area contributed by atoms with Crippen LogP contribution in [0.15, 0.2) is 224 Å². The Labute approximate surface area is 404 Å². The van der Waals surface area contributed by atoms with E-state index in [2.05, 4.69) is 252 Å². The molecule has 0 aromatic heterocycles. The van der Waals surface area contributed by atoms with Gasteiger partial charge >= 0.3 is 0 Å². The van der Waals surface area contributed by atoms with Gasteiger partial charge in [0.25, 0.3) is 6.71 Å². The fourth-order valence-corrected chi connectivity index (χ4v) is 11.5. The van der Waals surface area contributed by atoms with Crippen LogP contribution in [-0.4, -0.2) is 6.71 Å². The van der Waals surface area contributed by atoms with Crippen LogP contribution < -0.4 is 25.9 Å². The molecule has 0 amide bonds. The lowest BCUT2D eigenvalue weighted by molar-refractivity contribution is 0.462. The van der Waals surface area contributed by atoms with Crippen molar-refractivity contribution >= 4 is 55.4 Å². The van der Waals surface area contributed by atoms with E-state index in [-0.39, 0.29) is 17.5 Å². The number of hydrogen-bond donors (Lipinski definition) is 0. The molecule has 2 aliphatic rings. The highest BCUT2D eigenvalue weighted by Gasteiger charge is 2.42. The molecule has 13 rings (SSSR count). The first kappa shape index (κ1) is 41.1. The van der Waals surface area contributed by atoms with Gasteiger partial charge in [0.15, 0.2) is 0 Å². The van der Waals surface area contributed by atoms with Gasteiger partial charge in [-0.15, -0.1) is 0 Å². The average Bonchev–Trinajstić information content (AvgIpc) is 3.40. The van der Waals surface area contributed by atoms with Gasteiger partial charge in [-0.25, -0.2) is 0 Å². The van der Waals surface area contributed by atoms with Crippen molar-refractivity contribution in [1.82, 2.24) is 0 Å². The summed E-state index contributed by atoms with van der Waals surface area (Å²) in [5.74, 6) is 3.43. The molecule has 0 bridgehead atoms. The minimum atomic E-state index is -0.242. The topological polar surface area (TPSA) is 18.5 Å². The average molecular weight is 885 g/mol. The number of ether oxygens (including phenoxy) is 2. The lowest BCUT2D eigenvalue weighted by Gasteiger charge is -2.36. The molecule has 0 saturated carbocycles. The van der Waals surface area contributed by atoms with Crippen molar-refractivity contribution in [1.29, 1.82) is 0 Å². The zero-order valence-corrected chi connectivity index (χ0v) is 39.3. The molecular formula is C66H49BO2. The summed E-state index contributed by atoms with van der Waals surface area (Å²) in [4.78, 5) is 0. The van der Waals surface area contributed by atoms with Gasteiger partial charge in [0.1, 0.15) is 23.0 Å². The molecule has 0 radical (unpaired) electrons.